The number of urea groups is 1. The zero-order chi connectivity index (χ0) is 13.8. The molecule has 0 aromatic rings. The third-order valence-corrected chi connectivity index (χ3v) is 4.18. The van der Waals surface area contributed by atoms with E-state index in [-0.39, 0.29) is 18.2 Å². The first-order valence-electron chi connectivity index (χ1n) is 6.52. The molecule has 7 heteroatoms. The lowest BCUT2D eigenvalue weighted by Gasteiger charge is -2.32. The van der Waals surface area contributed by atoms with Gasteiger partial charge < -0.3 is 20.1 Å². The van der Waals surface area contributed by atoms with Crippen molar-refractivity contribution in [3.8, 4) is 0 Å². The number of morpholine rings is 1. The number of amides is 2. The molecule has 6 nitrogen and oxygen atoms in total. The van der Waals surface area contributed by atoms with E-state index >= 15 is 0 Å². The SMILES string of the molecule is CSCC[C@H](NC(=O)N1CC2CCC(C1)O2)C(=O)O. The van der Waals surface area contributed by atoms with Crippen LogP contribution in [0.1, 0.15) is 19.3 Å². The molecule has 2 fully saturated rings. The molecule has 2 rings (SSSR count). The van der Waals surface area contributed by atoms with Crippen molar-refractivity contribution in [2.24, 2.45) is 0 Å². The summed E-state index contributed by atoms with van der Waals surface area (Å²) in [4.78, 5) is 24.9. The summed E-state index contributed by atoms with van der Waals surface area (Å²) in [6, 6.07) is -1.09. The number of nitrogens with zero attached hydrogens (tertiary/aromatic N) is 1. The number of thioether (sulfide) groups is 1. The molecule has 2 bridgehead atoms. The maximum Gasteiger partial charge on any atom is 0.326 e. The number of carbonyl (C=O) groups is 2. The Bertz CT molecular complexity index is 341. The molecule has 0 aromatic carbocycles. The Hall–Kier alpha value is -0.950. The van der Waals surface area contributed by atoms with Crippen LogP contribution in [0, 0.1) is 0 Å². The number of ether oxygens (including phenoxy) is 1. The highest BCUT2D eigenvalue weighted by molar-refractivity contribution is 7.98. The smallest absolute Gasteiger partial charge is 0.326 e. The quantitative estimate of drug-likeness (QED) is 0.781. The van der Waals surface area contributed by atoms with Gasteiger partial charge in [0.05, 0.1) is 12.2 Å². The fourth-order valence-corrected chi connectivity index (χ4v) is 2.99. The zero-order valence-electron chi connectivity index (χ0n) is 11.0. The minimum absolute atomic E-state index is 0.124. The average Bonchev–Trinajstić information content (AvgIpc) is 2.72. The Balaban J connectivity index is 1.86. The number of aliphatic carboxylic acids is 1. The highest BCUT2D eigenvalue weighted by Crippen LogP contribution is 2.26. The molecule has 0 saturated carbocycles. The van der Waals surface area contributed by atoms with Crippen LogP contribution < -0.4 is 5.32 Å². The van der Waals surface area contributed by atoms with E-state index in [1.807, 2.05) is 6.26 Å². The van der Waals surface area contributed by atoms with Gasteiger partial charge >= 0.3 is 12.0 Å². The van der Waals surface area contributed by atoms with E-state index in [4.69, 9.17) is 9.84 Å². The van der Waals surface area contributed by atoms with Crippen molar-refractivity contribution in [1.82, 2.24) is 10.2 Å². The molecule has 2 aliphatic heterocycles. The second-order valence-corrected chi connectivity index (χ2v) is 5.97. The Labute approximate surface area is 116 Å². The number of fused-ring (bicyclic) bond motifs is 2. The van der Waals surface area contributed by atoms with Gasteiger partial charge in [0.2, 0.25) is 0 Å². The van der Waals surface area contributed by atoms with Gasteiger partial charge in [-0.3, -0.25) is 0 Å². The fourth-order valence-electron chi connectivity index (χ4n) is 2.51. The maximum absolute atomic E-state index is 12.1. The number of hydrogen-bond acceptors (Lipinski definition) is 4. The number of nitrogens with one attached hydrogen (secondary N) is 1. The van der Waals surface area contributed by atoms with Crippen molar-refractivity contribution in [3.05, 3.63) is 0 Å². The molecular weight excluding hydrogens is 268 g/mol. The molecule has 2 saturated heterocycles. The van der Waals surface area contributed by atoms with Crippen molar-refractivity contribution in [1.29, 1.82) is 0 Å². The van der Waals surface area contributed by atoms with Crippen molar-refractivity contribution in [2.75, 3.05) is 25.1 Å². The van der Waals surface area contributed by atoms with Crippen LogP contribution in [0.2, 0.25) is 0 Å². The van der Waals surface area contributed by atoms with E-state index in [0.29, 0.717) is 25.3 Å². The number of carbonyl (C=O) groups excluding carboxylic acids is 1. The van der Waals surface area contributed by atoms with Crippen molar-refractivity contribution in [2.45, 2.75) is 37.5 Å². The van der Waals surface area contributed by atoms with Crippen molar-refractivity contribution < 1.29 is 19.4 Å². The Kier molecular flexibility index (Phi) is 4.93. The van der Waals surface area contributed by atoms with Crippen LogP contribution in [-0.2, 0) is 9.53 Å². The second kappa shape index (κ2) is 6.47. The summed E-state index contributed by atoms with van der Waals surface area (Å²) < 4.78 is 5.65. The van der Waals surface area contributed by atoms with E-state index in [0.717, 1.165) is 12.8 Å². The van der Waals surface area contributed by atoms with Crippen LogP contribution in [0.4, 0.5) is 4.79 Å². The van der Waals surface area contributed by atoms with Crippen LogP contribution in [0.3, 0.4) is 0 Å². The predicted octanol–water partition coefficient (Wildman–Crippen LogP) is 0.765. The number of rotatable bonds is 5. The first-order chi connectivity index (χ1) is 9.10. The average molecular weight is 288 g/mol. The topological polar surface area (TPSA) is 78.9 Å². The molecule has 0 radical (unpaired) electrons. The van der Waals surface area contributed by atoms with Gasteiger partial charge in [-0.15, -0.1) is 0 Å². The predicted molar refractivity (Wildman–Crippen MR) is 72.4 cm³/mol. The lowest BCUT2D eigenvalue weighted by molar-refractivity contribution is -0.139. The molecule has 2 N–H and O–H groups in total. The number of likely N-dealkylation sites (tertiary alicyclic amines) is 1. The van der Waals surface area contributed by atoms with Crippen LogP contribution in [0.25, 0.3) is 0 Å². The molecule has 108 valence electrons. The summed E-state index contributed by atoms with van der Waals surface area (Å²) in [5.74, 6) is -0.260. The van der Waals surface area contributed by atoms with Gasteiger partial charge in [-0.2, -0.15) is 11.8 Å². The van der Waals surface area contributed by atoms with E-state index in [2.05, 4.69) is 5.32 Å². The fraction of sp³-hybridized carbons (Fsp3) is 0.833. The van der Waals surface area contributed by atoms with Crippen LogP contribution >= 0.6 is 11.8 Å². The molecule has 2 aliphatic rings. The molecule has 0 aliphatic carbocycles. The molecule has 19 heavy (non-hydrogen) atoms. The third-order valence-electron chi connectivity index (χ3n) is 3.54. The van der Waals surface area contributed by atoms with Gasteiger partial charge in [0.25, 0.3) is 0 Å². The van der Waals surface area contributed by atoms with E-state index in [9.17, 15) is 9.59 Å². The molecule has 0 aromatic heterocycles. The van der Waals surface area contributed by atoms with Crippen LogP contribution in [-0.4, -0.2) is 65.4 Å². The Morgan fingerprint density at radius 3 is 2.58 bits per heavy atom. The normalized spacial score (nSPS) is 27.1. The molecule has 2 unspecified atom stereocenters. The summed E-state index contributed by atoms with van der Waals surface area (Å²) >= 11 is 1.57. The largest absolute Gasteiger partial charge is 0.480 e. The summed E-state index contributed by atoms with van der Waals surface area (Å²) in [6.07, 6.45) is 4.59. The minimum atomic E-state index is -0.973. The molecule has 2 heterocycles. The van der Waals surface area contributed by atoms with Gasteiger partial charge in [0, 0.05) is 13.1 Å². The van der Waals surface area contributed by atoms with Crippen molar-refractivity contribution >= 4 is 23.8 Å². The van der Waals surface area contributed by atoms with E-state index in [1.165, 1.54) is 0 Å². The van der Waals surface area contributed by atoms with Gasteiger partial charge in [-0.05, 0) is 31.3 Å². The molecule has 0 spiro atoms. The van der Waals surface area contributed by atoms with Gasteiger partial charge in [0.15, 0.2) is 0 Å². The zero-order valence-corrected chi connectivity index (χ0v) is 11.8. The first-order valence-corrected chi connectivity index (χ1v) is 7.92. The summed E-state index contributed by atoms with van der Waals surface area (Å²) in [7, 11) is 0. The monoisotopic (exact) mass is 288 g/mol. The van der Waals surface area contributed by atoms with Gasteiger partial charge in [0.1, 0.15) is 6.04 Å². The number of hydrogen-bond donors (Lipinski definition) is 2. The lowest BCUT2D eigenvalue weighted by Crippen LogP contribution is -2.53. The molecular formula is C12H20N2O4S. The standard InChI is InChI=1S/C12H20N2O4S/c1-19-5-4-10(11(15)16)13-12(17)14-6-8-2-3-9(7-14)18-8/h8-10H,2-7H2,1H3,(H,13,17)(H,15,16)/t8?,9?,10-/m0/s1. The summed E-state index contributed by atoms with van der Waals surface area (Å²) in [5.41, 5.74) is 0. The lowest BCUT2D eigenvalue weighted by atomic mass is 10.2. The molecule has 2 amide bonds. The minimum Gasteiger partial charge on any atom is -0.480 e. The first kappa shape index (κ1) is 14.5. The van der Waals surface area contributed by atoms with Gasteiger partial charge in [-0.1, -0.05) is 0 Å². The second-order valence-electron chi connectivity index (χ2n) is 4.98. The van der Waals surface area contributed by atoms with E-state index < -0.39 is 12.0 Å². The number of carboxylic acid groups (broad SMARTS) is 1. The van der Waals surface area contributed by atoms with Gasteiger partial charge in [-0.25, -0.2) is 9.59 Å². The summed E-state index contributed by atoms with van der Waals surface area (Å²) in [5, 5.41) is 11.7. The Morgan fingerprint density at radius 2 is 2.05 bits per heavy atom. The summed E-state index contributed by atoms with van der Waals surface area (Å²) in [6.45, 7) is 1.13. The highest BCUT2D eigenvalue weighted by atomic mass is 32.2. The molecule has 3 atom stereocenters. The van der Waals surface area contributed by atoms with Crippen LogP contribution in [0.15, 0.2) is 0 Å². The third kappa shape index (κ3) is 3.76. The van der Waals surface area contributed by atoms with Crippen molar-refractivity contribution in [3.63, 3.8) is 0 Å². The highest BCUT2D eigenvalue weighted by Gasteiger charge is 2.36. The maximum atomic E-state index is 12.1. The van der Waals surface area contributed by atoms with Crippen LogP contribution in [0.5, 0.6) is 0 Å². The Morgan fingerprint density at radius 1 is 1.42 bits per heavy atom. The van der Waals surface area contributed by atoms with E-state index in [1.54, 1.807) is 16.7 Å². The number of carboxylic acids is 1.